The van der Waals surface area contributed by atoms with Crippen molar-refractivity contribution < 1.29 is 19.4 Å². The van der Waals surface area contributed by atoms with Crippen LogP contribution in [0.5, 0.6) is 17.2 Å². The molecule has 0 amide bonds. The lowest BCUT2D eigenvalue weighted by molar-refractivity contribution is 0.0694. The number of hydrogen-bond acceptors (Lipinski definition) is 3. The van der Waals surface area contributed by atoms with Gasteiger partial charge >= 0.3 is 5.97 Å². The van der Waals surface area contributed by atoms with Crippen LogP contribution in [-0.4, -0.2) is 18.2 Å². The van der Waals surface area contributed by atoms with Gasteiger partial charge in [-0.2, -0.15) is 0 Å². The Morgan fingerprint density at radius 1 is 1.10 bits per heavy atom. The topological polar surface area (TPSA) is 55.8 Å². The van der Waals surface area contributed by atoms with Crippen LogP contribution in [-0.2, 0) is 0 Å². The molecular weight excluding hydrogens is 427 g/mol. The SMILES string of the molecule is COc1cc(Br)c(Oc2cc(Cl)ccc2C(=O)O)cc1Br. The molecule has 110 valence electrons. The molecule has 4 nitrogen and oxygen atoms in total. The lowest BCUT2D eigenvalue weighted by Gasteiger charge is -2.12. The van der Waals surface area contributed by atoms with E-state index in [9.17, 15) is 9.90 Å². The van der Waals surface area contributed by atoms with Gasteiger partial charge in [-0.1, -0.05) is 11.6 Å². The number of hydrogen-bond donors (Lipinski definition) is 1. The van der Waals surface area contributed by atoms with Crippen LogP contribution >= 0.6 is 43.5 Å². The number of halogens is 3. The van der Waals surface area contributed by atoms with E-state index in [2.05, 4.69) is 31.9 Å². The van der Waals surface area contributed by atoms with Gasteiger partial charge in [0.2, 0.25) is 0 Å². The van der Waals surface area contributed by atoms with Crippen molar-refractivity contribution in [1.82, 2.24) is 0 Å². The molecule has 0 fully saturated rings. The number of carboxylic acids is 1. The van der Waals surface area contributed by atoms with E-state index in [-0.39, 0.29) is 11.3 Å². The van der Waals surface area contributed by atoms with Crippen molar-refractivity contribution in [2.45, 2.75) is 0 Å². The second-order valence-corrected chi connectivity index (χ2v) is 6.11. The van der Waals surface area contributed by atoms with Crippen LogP contribution in [0.3, 0.4) is 0 Å². The van der Waals surface area contributed by atoms with Crippen LogP contribution in [0.25, 0.3) is 0 Å². The first kappa shape index (κ1) is 16.1. The third-order valence-electron chi connectivity index (χ3n) is 2.60. The van der Waals surface area contributed by atoms with Crippen LogP contribution in [0, 0.1) is 0 Å². The van der Waals surface area contributed by atoms with Crippen molar-refractivity contribution in [3.05, 3.63) is 49.9 Å². The zero-order valence-corrected chi connectivity index (χ0v) is 14.6. The highest BCUT2D eigenvalue weighted by molar-refractivity contribution is 9.11. The second-order valence-electron chi connectivity index (χ2n) is 3.96. The molecule has 0 aromatic heterocycles. The summed E-state index contributed by atoms with van der Waals surface area (Å²) in [5.74, 6) is 0.129. The molecule has 0 aliphatic heterocycles. The molecule has 0 radical (unpaired) electrons. The van der Waals surface area contributed by atoms with Crippen LogP contribution in [0.4, 0.5) is 0 Å². The van der Waals surface area contributed by atoms with Crippen LogP contribution in [0.1, 0.15) is 10.4 Å². The Hall–Kier alpha value is -1.24. The van der Waals surface area contributed by atoms with Crippen molar-refractivity contribution >= 4 is 49.4 Å². The summed E-state index contributed by atoms with van der Waals surface area (Å²) < 4.78 is 12.1. The van der Waals surface area contributed by atoms with Gasteiger partial charge in [-0.05, 0) is 56.1 Å². The van der Waals surface area contributed by atoms with Gasteiger partial charge in [-0.15, -0.1) is 0 Å². The van der Waals surface area contributed by atoms with E-state index in [1.54, 1.807) is 19.2 Å². The predicted molar refractivity (Wildman–Crippen MR) is 86.9 cm³/mol. The standard InChI is InChI=1S/C14H9Br2ClO4/c1-20-12-5-10(16)13(6-9(12)15)21-11-4-7(17)2-3-8(11)14(18)19/h2-6H,1H3,(H,18,19). The second kappa shape index (κ2) is 6.68. The van der Waals surface area contributed by atoms with Crippen molar-refractivity contribution in [3.63, 3.8) is 0 Å². The first-order valence-electron chi connectivity index (χ1n) is 5.66. The largest absolute Gasteiger partial charge is 0.496 e. The van der Waals surface area contributed by atoms with Gasteiger partial charge in [0.05, 0.1) is 16.1 Å². The fraction of sp³-hybridized carbons (Fsp3) is 0.0714. The number of methoxy groups -OCH3 is 1. The number of carboxylic acid groups (broad SMARTS) is 1. The zero-order chi connectivity index (χ0) is 15.6. The van der Waals surface area contributed by atoms with Crippen LogP contribution < -0.4 is 9.47 Å². The fourth-order valence-corrected chi connectivity index (χ4v) is 2.67. The van der Waals surface area contributed by atoms with Gasteiger partial charge in [0.25, 0.3) is 0 Å². The normalized spacial score (nSPS) is 10.3. The summed E-state index contributed by atoms with van der Waals surface area (Å²) in [5.41, 5.74) is 0.0261. The van der Waals surface area contributed by atoms with Gasteiger partial charge in [0.1, 0.15) is 22.8 Å². The minimum absolute atomic E-state index is 0.0261. The molecule has 0 atom stereocenters. The quantitative estimate of drug-likeness (QED) is 0.701. The van der Waals surface area contributed by atoms with Crippen molar-refractivity contribution in [3.8, 4) is 17.2 Å². The van der Waals surface area contributed by atoms with Crippen molar-refractivity contribution in [1.29, 1.82) is 0 Å². The molecule has 2 rings (SSSR count). The molecule has 0 saturated carbocycles. The van der Waals surface area contributed by atoms with E-state index in [1.807, 2.05) is 0 Å². The van der Waals surface area contributed by atoms with E-state index >= 15 is 0 Å². The molecule has 0 bridgehead atoms. The molecule has 0 heterocycles. The average molecular weight is 436 g/mol. The summed E-state index contributed by atoms with van der Waals surface area (Å²) in [4.78, 5) is 11.2. The number of carbonyl (C=O) groups is 1. The smallest absolute Gasteiger partial charge is 0.339 e. The Kier molecular flexibility index (Phi) is 5.13. The Labute approximate surface area is 142 Å². The van der Waals surface area contributed by atoms with E-state index in [4.69, 9.17) is 21.1 Å². The van der Waals surface area contributed by atoms with E-state index in [0.29, 0.717) is 25.5 Å². The molecule has 2 aromatic rings. The molecule has 0 aliphatic carbocycles. The summed E-state index contributed by atoms with van der Waals surface area (Å²) in [7, 11) is 1.55. The highest BCUT2D eigenvalue weighted by Gasteiger charge is 2.15. The number of rotatable bonds is 4. The maximum Gasteiger partial charge on any atom is 0.339 e. The Morgan fingerprint density at radius 3 is 2.33 bits per heavy atom. The predicted octanol–water partition coefficient (Wildman–Crippen LogP) is 5.36. The number of benzene rings is 2. The summed E-state index contributed by atoms with van der Waals surface area (Å²) >= 11 is 12.6. The Balaban J connectivity index is 2.45. The Morgan fingerprint density at radius 2 is 1.71 bits per heavy atom. The minimum Gasteiger partial charge on any atom is -0.496 e. The van der Waals surface area contributed by atoms with Crippen molar-refractivity contribution in [2.24, 2.45) is 0 Å². The third kappa shape index (κ3) is 3.70. The maximum atomic E-state index is 11.2. The van der Waals surface area contributed by atoms with Gasteiger partial charge in [-0.3, -0.25) is 0 Å². The monoisotopic (exact) mass is 434 g/mol. The molecule has 7 heteroatoms. The van der Waals surface area contributed by atoms with E-state index < -0.39 is 5.97 Å². The first-order chi connectivity index (χ1) is 9.92. The molecule has 0 aliphatic rings. The lowest BCUT2D eigenvalue weighted by atomic mass is 10.2. The average Bonchev–Trinajstić information content (AvgIpc) is 2.42. The first-order valence-corrected chi connectivity index (χ1v) is 7.62. The van der Waals surface area contributed by atoms with E-state index in [0.717, 1.165) is 0 Å². The molecule has 0 unspecified atom stereocenters. The molecule has 0 saturated heterocycles. The summed E-state index contributed by atoms with van der Waals surface area (Å²) in [6.07, 6.45) is 0. The van der Waals surface area contributed by atoms with E-state index in [1.165, 1.54) is 18.2 Å². The highest BCUT2D eigenvalue weighted by Crippen LogP contribution is 2.39. The molecule has 0 spiro atoms. The Bertz CT molecular complexity index is 704. The highest BCUT2D eigenvalue weighted by atomic mass is 79.9. The lowest BCUT2D eigenvalue weighted by Crippen LogP contribution is -2.00. The summed E-state index contributed by atoms with van der Waals surface area (Å²) in [6.45, 7) is 0. The molecule has 2 aromatic carbocycles. The fourth-order valence-electron chi connectivity index (χ4n) is 1.62. The zero-order valence-electron chi connectivity index (χ0n) is 10.7. The minimum atomic E-state index is -1.09. The molecule has 21 heavy (non-hydrogen) atoms. The van der Waals surface area contributed by atoms with Crippen molar-refractivity contribution in [2.75, 3.05) is 7.11 Å². The summed E-state index contributed by atoms with van der Waals surface area (Å²) in [5, 5.41) is 9.56. The third-order valence-corrected chi connectivity index (χ3v) is 4.07. The summed E-state index contributed by atoms with van der Waals surface area (Å²) in [6, 6.07) is 7.73. The molecule has 1 N–H and O–H groups in total. The van der Waals surface area contributed by atoms with Crippen LogP contribution in [0.15, 0.2) is 39.3 Å². The van der Waals surface area contributed by atoms with Gasteiger partial charge < -0.3 is 14.6 Å². The van der Waals surface area contributed by atoms with Gasteiger partial charge in [0.15, 0.2) is 0 Å². The number of ether oxygens (including phenoxy) is 2. The van der Waals surface area contributed by atoms with Gasteiger partial charge in [0, 0.05) is 11.1 Å². The molecular formula is C14H9Br2ClO4. The van der Waals surface area contributed by atoms with Crippen LogP contribution in [0.2, 0.25) is 5.02 Å². The maximum absolute atomic E-state index is 11.2. The number of aromatic carboxylic acids is 1. The van der Waals surface area contributed by atoms with Gasteiger partial charge in [-0.25, -0.2) is 4.79 Å².